The van der Waals surface area contributed by atoms with Crippen molar-refractivity contribution < 1.29 is 4.79 Å². The fourth-order valence-corrected chi connectivity index (χ4v) is 3.55. The first-order valence-corrected chi connectivity index (χ1v) is 8.96. The van der Waals surface area contributed by atoms with E-state index in [-0.39, 0.29) is 42.4 Å². The van der Waals surface area contributed by atoms with Gasteiger partial charge in [-0.05, 0) is 25.0 Å². The number of hydrogen-bond donors (Lipinski definition) is 2. The smallest absolute Gasteiger partial charge is 0.237 e. The topological polar surface area (TPSA) is 58.4 Å². The van der Waals surface area contributed by atoms with Crippen LogP contribution in [0.3, 0.4) is 0 Å². The number of carbonyl (C=O) groups excluding carboxylic acids is 1. The van der Waals surface area contributed by atoms with Gasteiger partial charge in [0.1, 0.15) is 0 Å². The lowest BCUT2D eigenvalue weighted by atomic mass is 9.95. The van der Waals surface area contributed by atoms with Gasteiger partial charge in [0.2, 0.25) is 5.91 Å². The van der Waals surface area contributed by atoms with Gasteiger partial charge in [-0.25, -0.2) is 0 Å². The quantitative estimate of drug-likeness (QED) is 0.846. The Hall–Kier alpha value is -1.88. The maximum absolute atomic E-state index is 12.7. The minimum Gasteiger partial charge on any atom is -0.348 e. The number of carbonyl (C=O) groups is 1. The van der Waals surface area contributed by atoms with Crippen LogP contribution >= 0.6 is 12.4 Å². The molecule has 1 fully saturated rings. The third-order valence-electron chi connectivity index (χ3n) is 5.21. The molecule has 0 aromatic heterocycles. The van der Waals surface area contributed by atoms with Crippen molar-refractivity contribution in [2.24, 2.45) is 5.73 Å². The summed E-state index contributed by atoms with van der Waals surface area (Å²) in [7, 11) is 0. The van der Waals surface area contributed by atoms with Crippen molar-refractivity contribution in [1.29, 1.82) is 0 Å². The van der Waals surface area contributed by atoms with Crippen LogP contribution in [0, 0.1) is 0 Å². The van der Waals surface area contributed by atoms with Crippen LogP contribution in [0.5, 0.6) is 0 Å². The molecule has 5 heteroatoms. The first kappa shape index (κ1) is 20.4. The van der Waals surface area contributed by atoms with Gasteiger partial charge < -0.3 is 11.1 Å². The van der Waals surface area contributed by atoms with Gasteiger partial charge in [-0.2, -0.15) is 0 Å². The number of halogens is 1. The van der Waals surface area contributed by atoms with Gasteiger partial charge >= 0.3 is 0 Å². The number of rotatable bonds is 5. The molecule has 140 valence electrons. The van der Waals surface area contributed by atoms with Gasteiger partial charge in [0.15, 0.2) is 0 Å². The molecule has 1 aliphatic heterocycles. The summed E-state index contributed by atoms with van der Waals surface area (Å²) in [4.78, 5) is 14.9. The molecule has 4 nitrogen and oxygen atoms in total. The Kier molecular flexibility index (Phi) is 7.21. The average molecular weight is 374 g/mol. The van der Waals surface area contributed by atoms with E-state index in [4.69, 9.17) is 5.73 Å². The Morgan fingerprint density at radius 2 is 1.62 bits per heavy atom. The number of benzene rings is 2. The summed E-state index contributed by atoms with van der Waals surface area (Å²) >= 11 is 0. The second-order valence-electron chi connectivity index (χ2n) is 6.95. The molecule has 1 saturated heterocycles. The molecule has 0 radical (unpaired) electrons. The molecule has 0 aliphatic carbocycles. The summed E-state index contributed by atoms with van der Waals surface area (Å²) < 4.78 is 0. The number of likely N-dealkylation sites (tertiary alicyclic amines) is 1. The van der Waals surface area contributed by atoms with E-state index in [9.17, 15) is 4.79 Å². The molecule has 4 atom stereocenters. The summed E-state index contributed by atoms with van der Waals surface area (Å²) in [5, 5.41) is 3.12. The normalized spacial score (nSPS) is 22.3. The van der Waals surface area contributed by atoms with Crippen molar-refractivity contribution in [3.05, 3.63) is 71.8 Å². The molecule has 1 aliphatic rings. The summed E-state index contributed by atoms with van der Waals surface area (Å²) in [6.45, 7) is 5.54. The first-order chi connectivity index (χ1) is 12.1. The SMILES string of the molecule is CC(NC(=O)C(C)N1C[C@@H](N)[C@H](c2ccccc2)C1)c1ccccc1.Cl. The molecule has 0 saturated carbocycles. The van der Waals surface area contributed by atoms with E-state index in [0.29, 0.717) is 0 Å². The van der Waals surface area contributed by atoms with Crippen LogP contribution in [0.1, 0.15) is 36.9 Å². The van der Waals surface area contributed by atoms with Gasteiger partial charge in [0, 0.05) is 25.0 Å². The van der Waals surface area contributed by atoms with Crippen molar-refractivity contribution in [3.63, 3.8) is 0 Å². The highest BCUT2D eigenvalue weighted by atomic mass is 35.5. The standard InChI is InChI=1S/C21H27N3O.ClH/c1-15(17-9-5-3-6-10-17)23-21(25)16(2)24-13-19(20(22)14-24)18-11-7-4-8-12-18;/h3-12,15-16,19-20H,13-14,22H2,1-2H3,(H,23,25);1H/t15?,16?,19-,20+;/m0./s1. The maximum atomic E-state index is 12.7. The van der Waals surface area contributed by atoms with Gasteiger partial charge in [-0.3, -0.25) is 9.69 Å². The average Bonchev–Trinajstić information content (AvgIpc) is 3.04. The highest BCUT2D eigenvalue weighted by Crippen LogP contribution is 2.27. The van der Waals surface area contributed by atoms with Crippen LogP contribution in [0.2, 0.25) is 0 Å². The van der Waals surface area contributed by atoms with Crippen molar-refractivity contribution >= 4 is 18.3 Å². The zero-order valence-electron chi connectivity index (χ0n) is 15.3. The number of nitrogens with one attached hydrogen (secondary N) is 1. The van der Waals surface area contributed by atoms with Crippen molar-refractivity contribution in [1.82, 2.24) is 10.2 Å². The van der Waals surface area contributed by atoms with E-state index >= 15 is 0 Å². The third kappa shape index (κ3) is 4.64. The fraction of sp³-hybridized carbons (Fsp3) is 0.381. The molecule has 3 N–H and O–H groups in total. The highest BCUT2D eigenvalue weighted by Gasteiger charge is 2.35. The van der Waals surface area contributed by atoms with E-state index in [0.717, 1.165) is 18.7 Å². The van der Waals surface area contributed by atoms with E-state index in [1.807, 2.05) is 62.4 Å². The predicted molar refractivity (Wildman–Crippen MR) is 108 cm³/mol. The Balaban J connectivity index is 0.00000243. The molecule has 1 amide bonds. The number of nitrogens with two attached hydrogens (primary N) is 1. The van der Waals surface area contributed by atoms with E-state index in [1.165, 1.54) is 5.56 Å². The lowest BCUT2D eigenvalue weighted by Crippen LogP contribution is -2.45. The van der Waals surface area contributed by atoms with Crippen LogP contribution in [-0.2, 0) is 4.79 Å². The van der Waals surface area contributed by atoms with Crippen LogP contribution < -0.4 is 11.1 Å². The van der Waals surface area contributed by atoms with Gasteiger partial charge in [0.25, 0.3) is 0 Å². The summed E-state index contributed by atoms with van der Waals surface area (Å²) in [5.74, 6) is 0.334. The highest BCUT2D eigenvalue weighted by molar-refractivity contribution is 5.85. The van der Waals surface area contributed by atoms with Crippen LogP contribution in [0.15, 0.2) is 60.7 Å². The molecular weight excluding hydrogens is 346 g/mol. The van der Waals surface area contributed by atoms with Crippen molar-refractivity contribution in [3.8, 4) is 0 Å². The summed E-state index contributed by atoms with van der Waals surface area (Å²) in [6, 6.07) is 20.2. The largest absolute Gasteiger partial charge is 0.348 e. The third-order valence-corrected chi connectivity index (χ3v) is 5.21. The van der Waals surface area contributed by atoms with E-state index in [2.05, 4.69) is 22.3 Å². The molecule has 26 heavy (non-hydrogen) atoms. The molecule has 2 aromatic rings. The summed E-state index contributed by atoms with van der Waals surface area (Å²) in [5.41, 5.74) is 8.73. The van der Waals surface area contributed by atoms with E-state index < -0.39 is 0 Å². The molecule has 0 bridgehead atoms. The minimum atomic E-state index is -0.189. The van der Waals surface area contributed by atoms with Gasteiger partial charge in [-0.1, -0.05) is 60.7 Å². The Morgan fingerprint density at radius 3 is 2.23 bits per heavy atom. The maximum Gasteiger partial charge on any atom is 0.237 e. The van der Waals surface area contributed by atoms with Gasteiger partial charge in [-0.15, -0.1) is 12.4 Å². The van der Waals surface area contributed by atoms with Gasteiger partial charge in [0.05, 0.1) is 12.1 Å². The second kappa shape index (κ2) is 9.17. The second-order valence-corrected chi connectivity index (χ2v) is 6.95. The van der Waals surface area contributed by atoms with E-state index in [1.54, 1.807) is 0 Å². The zero-order valence-corrected chi connectivity index (χ0v) is 16.2. The Bertz CT molecular complexity index is 695. The Labute approximate surface area is 162 Å². The molecule has 1 heterocycles. The lowest BCUT2D eigenvalue weighted by molar-refractivity contribution is -0.126. The Morgan fingerprint density at radius 1 is 1.04 bits per heavy atom. The fourth-order valence-electron chi connectivity index (χ4n) is 3.55. The lowest BCUT2D eigenvalue weighted by Gasteiger charge is -2.25. The van der Waals surface area contributed by atoms with Crippen molar-refractivity contribution in [2.75, 3.05) is 13.1 Å². The molecule has 0 spiro atoms. The molecule has 2 aromatic carbocycles. The van der Waals surface area contributed by atoms with Crippen LogP contribution in [-0.4, -0.2) is 36.0 Å². The number of amides is 1. The number of nitrogens with zero attached hydrogens (tertiary/aromatic N) is 1. The van der Waals surface area contributed by atoms with Crippen LogP contribution in [0.4, 0.5) is 0 Å². The first-order valence-electron chi connectivity index (χ1n) is 8.96. The zero-order chi connectivity index (χ0) is 17.8. The molecular formula is C21H28ClN3O. The molecule has 3 rings (SSSR count). The molecule has 2 unspecified atom stereocenters. The van der Waals surface area contributed by atoms with Crippen LogP contribution in [0.25, 0.3) is 0 Å². The monoisotopic (exact) mass is 373 g/mol. The minimum absolute atomic E-state index is 0. The van der Waals surface area contributed by atoms with Crippen molar-refractivity contribution in [2.45, 2.75) is 37.9 Å². The summed E-state index contributed by atoms with van der Waals surface area (Å²) in [6.07, 6.45) is 0. The number of hydrogen-bond acceptors (Lipinski definition) is 3. The predicted octanol–water partition coefficient (Wildman–Crippen LogP) is 3.10.